The van der Waals surface area contributed by atoms with E-state index in [1.165, 1.54) is 0 Å². The Morgan fingerprint density at radius 2 is 2.29 bits per heavy atom. The van der Waals surface area contributed by atoms with E-state index in [4.69, 9.17) is 9.47 Å². The minimum absolute atomic E-state index is 0.0920. The van der Waals surface area contributed by atoms with Crippen molar-refractivity contribution in [1.29, 1.82) is 0 Å². The number of hydrogen-bond donors (Lipinski definition) is 0. The molecule has 2 unspecified atom stereocenters. The van der Waals surface area contributed by atoms with E-state index in [1.807, 2.05) is 13.0 Å². The first-order valence-electron chi connectivity index (χ1n) is 5.14. The van der Waals surface area contributed by atoms with E-state index >= 15 is 0 Å². The van der Waals surface area contributed by atoms with Crippen LogP contribution in [-0.2, 0) is 14.3 Å². The van der Waals surface area contributed by atoms with Crippen LogP contribution < -0.4 is 0 Å². The zero-order valence-corrected chi connectivity index (χ0v) is 9.08. The molecule has 1 fully saturated rings. The van der Waals surface area contributed by atoms with Crippen molar-refractivity contribution in [3.63, 3.8) is 0 Å². The Balaban J connectivity index is 2.46. The Morgan fingerprint density at radius 1 is 1.57 bits per heavy atom. The molecule has 0 N–H and O–H groups in total. The summed E-state index contributed by atoms with van der Waals surface area (Å²) in [6.07, 6.45) is 4.33. The highest BCUT2D eigenvalue weighted by Gasteiger charge is 2.20. The Kier molecular flexibility index (Phi) is 4.14. The van der Waals surface area contributed by atoms with E-state index in [2.05, 4.69) is 0 Å². The highest BCUT2D eigenvalue weighted by atomic mass is 16.5. The van der Waals surface area contributed by atoms with Gasteiger partial charge in [0.05, 0.1) is 18.8 Å². The molecule has 0 amide bonds. The van der Waals surface area contributed by atoms with Gasteiger partial charge in [-0.3, -0.25) is 0 Å². The molecule has 1 aliphatic rings. The van der Waals surface area contributed by atoms with Crippen molar-refractivity contribution < 1.29 is 14.3 Å². The summed E-state index contributed by atoms with van der Waals surface area (Å²) in [5.41, 5.74) is 0.644. The highest BCUT2D eigenvalue weighted by Crippen LogP contribution is 2.21. The second-order valence-corrected chi connectivity index (χ2v) is 3.63. The van der Waals surface area contributed by atoms with Gasteiger partial charge in [-0.1, -0.05) is 0 Å². The molecule has 3 nitrogen and oxygen atoms in total. The summed E-state index contributed by atoms with van der Waals surface area (Å²) in [6.45, 7) is 6.04. The first-order valence-corrected chi connectivity index (χ1v) is 5.14. The molecule has 2 atom stereocenters. The molecule has 0 saturated carbocycles. The lowest BCUT2D eigenvalue weighted by atomic mass is 10.1. The lowest BCUT2D eigenvalue weighted by Gasteiger charge is -2.07. The van der Waals surface area contributed by atoms with Crippen LogP contribution in [0.3, 0.4) is 0 Å². The van der Waals surface area contributed by atoms with E-state index in [-0.39, 0.29) is 12.1 Å². The second kappa shape index (κ2) is 5.15. The first-order chi connectivity index (χ1) is 6.63. The third-order valence-electron chi connectivity index (χ3n) is 2.30. The fraction of sp³-hybridized carbons (Fsp3) is 0.727. The van der Waals surface area contributed by atoms with Gasteiger partial charge in [0.25, 0.3) is 0 Å². The van der Waals surface area contributed by atoms with Crippen LogP contribution in [-0.4, -0.2) is 24.8 Å². The number of hydrogen-bond acceptors (Lipinski definition) is 3. The van der Waals surface area contributed by atoms with Crippen LogP contribution in [0.25, 0.3) is 0 Å². The third kappa shape index (κ3) is 3.14. The van der Waals surface area contributed by atoms with Gasteiger partial charge in [-0.2, -0.15) is 0 Å². The van der Waals surface area contributed by atoms with Crippen molar-refractivity contribution in [2.24, 2.45) is 0 Å². The predicted octanol–water partition coefficient (Wildman–Crippen LogP) is 2.06. The second-order valence-electron chi connectivity index (χ2n) is 3.63. The van der Waals surface area contributed by atoms with Crippen LogP contribution in [0.5, 0.6) is 0 Å². The molecular formula is C11H18O3. The van der Waals surface area contributed by atoms with Crippen molar-refractivity contribution in [1.82, 2.24) is 0 Å². The molecule has 0 aliphatic carbocycles. The molecule has 0 radical (unpaired) electrons. The lowest BCUT2D eigenvalue weighted by molar-refractivity contribution is -0.138. The molecule has 0 bridgehead atoms. The Morgan fingerprint density at radius 3 is 2.79 bits per heavy atom. The quantitative estimate of drug-likeness (QED) is 0.514. The standard InChI is InChI=1S/C11H18O3/c1-4-13-11(12)8(2)7-10-6-5-9(3)14-10/h7,9-10H,4-6H2,1-3H3. The van der Waals surface area contributed by atoms with E-state index in [0.29, 0.717) is 18.3 Å². The fourth-order valence-electron chi connectivity index (χ4n) is 1.55. The minimum Gasteiger partial charge on any atom is -0.463 e. The summed E-state index contributed by atoms with van der Waals surface area (Å²) in [6, 6.07) is 0. The van der Waals surface area contributed by atoms with E-state index < -0.39 is 0 Å². The normalized spacial score (nSPS) is 27.8. The van der Waals surface area contributed by atoms with Gasteiger partial charge in [-0.25, -0.2) is 4.79 Å². The number of esters is 1. The molecule has 1 saturated heterocycles. The van der Waals surface area contributed by atoms with Crippen LogP contribution in [0.15, 0.2) is 11.6 Å². The highest BCUT2D eigenvalue weighted by molar-refractivity contribution is 5.87. The van der Waals surface area contributed by atoms with Crippen LogP contribution in [0.1, 0.15) is 33.6 Å². The van der Waals surface area contributed by atoms with Crippen LogP contribution >= 0.6 is 0 Å². The Bertz CT molecular complexity index is 233. The molecule has 0 spiro atoms. The maximum absolute atomic E-state index is 11.3. The number of rotatable bonds is 3. The molecule has 0 aromatic rings. The molecule has 3 heteroatoms. The van der Waals surface area contributed by atoms with Crippen molar-refractivity contribution in [2.75, 3.05) is 6.61 Å². The maximum Gasteiger partial charge on any atom is 0.333 e. The Labute approximate surface area is 85.1 Å². The van der Waals surface area contributed by atoms with E-state index in [0.717, 1.165) is 12.8 Å². The van der Waals surface area contributed by atoms with Gasteiger partial charge in [0.1, 0.15) is 0 Å². The van der Waals surface area contributed by atoms with Crippen molar-refractivity contribution in [3.8, 4) is 0 Å². The molecule has 80 valence electrons. The van der Waals surface area contributed by atoms with Gasteiger partial charge in [0, 0.05) is 5.57 Å². The van der Waals surface area contributed by atoms with Gasteiger partial charge in [-0.05, 0) is 39.7 Å². The minimum atomic E-state index is -0.240. The summed E-state index contributed by atoms with van der Waals surface area (Å²) >= 11 is 0. The topological polar surface area (TPSA) is 35.5 Å². The average molecular weight is 198 g/mol. The Hall–Kier alpha value is -0.830. The van der Waals surface area contributed by atoms with Gasteiger partial charge in [0.15, 0.2) is 0 Å². The largest absolute Gasteiger partial charge is 0.463 e. The van der Waals surface area contributed by atoms with Gasteiger partial charge < -0.3 is 9.47 Å². The molecule has 1 aliphatic heterocycles. The number of ether oxygens (including phenoxy) is 2. The summed E-state index contributed by atoms with van der Waals surface area (Å²) < 4.78 is 10.5. The number of carbonyl (C=O) groups is 1. The smallest absolute Gasteiger partial charge is 0.333 e. The van der Waals surface area contributed by atoms with E-state index in [9.17, 15) is 4.79 Å². The molecule has 1 heterocycles. The van der Waals surface area contributed by atoms with Crippen LogP contribution in [0.2, 0.25) is 0 Å². The summed E-state index contributed by atoms with van der Waals surface area (Å²) in [7, 11) is 0. The average Bonchev–Trinajstić information content (AvgIpc) is 2.51. The molecule has 0 aromatic heterocycles. The lowest BCUT2D eigenvalue weighted by Crippen LogP contribution is -2.10. The summed E-state index contributed by atoms with van der Waals surface area (Å²) in [5.74, 6) is -0.240. The number of carbonyl (C=O) groups excluding carboxylic acids is 1. The molecule has 14 heavy (non-hydrogen) atoms. The first kappa shape index (κ1) is 11.2. The van der Waals surface area contributed by atoms with Crippen LogP contribution in [0, 0.1) is 0 Å². The fourth-order valence-corrected chi connectivity index (χ4v) is 1.55. The third-order valence-corrected chi connectivity index (χ3v) is 2.30. The van der Waals surface area contributed by atoms with Gasteiger partial charge in [0.2, 0.25) is 0 Å². The SMILES string of the molecule is CCOC(=O)C(C)=CC1CCC(C)O1. The predicted molar refractivity (Wildman–Crippen MR) is 54.0 cm³/mol. The van der Waals surface area contributed by atoms with E-state index in [1.54, 1.807) is 13.8 Å². The monoisotopic (exact) mass is 198 g/mol. The molecule has 1 rings (SSSR count). The van der Waals surface area contributed by atoms with Crippen molar-refractivity contribution in [2.45, 2.75) is 45.8 Å². The maximum atomic E-state index is 11.3. The van der Waals surface area contributed by atoms with Crippen molar-refractivity contribution in [3.05, 3.63) is 11.6 Å². The zero-order chi connectivity index (χ0) is 10.6. The molecule has 0 aromatic carbocycles. The van der Waals surface area contributed by atoms with Crippen LogP contribution in [0.4, 0.5) is 0 Å². The zero-order valence-electron chi connectivity index (χ0n) is 9.08. The molecular weight excluding hydrogens is 180 g/mol. The summed E-state index contributed by atoms with van der Waals surface area (Å²) in [5, 5.41) is 0. The van der Waals surface area contributed by atoms with Crippen molar-refractivity contribution >= 4 is 5.97 Å². The van der Waals surface area contributed by atoms with Gasteiger partial charge in [-0.15, -0.1) is 0 Å². The van der Waals surface area contributed by atoms with Gasteiger partial charge >= 0.3 is 5.97 Å². The summed E-state index contributed by atoms with van der Waals surface area (Å²) in [4.78, 5) is 11.3.